The van der Waals surface area contributed by atoms with E-state index in [4.69, 9.17) is 10.00 Å². The first-order chi connectivity index (χ1) is 7.31. The van der Waals surface area contributed by atoms with Crippen LogP contribution in [0.2, 0.25) is 0 Å². The van der Waals surface area contributed by atoms with Crippen LogP contribution >= 0.6 is 0 Å². The fourth-order valence-corrected chi connectivity index (χ4v) is 1.06. The average molecular weight is 222 g/mol. The van der Waals surface area contributed by atoms with Crippen molar-refractivity contribution in [2.24, 2.45) is 7.05 Å². The van der Waals surface area contributed by atoms with E-state index in [9.17, 15) is 4.79 Å². The molecule has 1 aromatic heterocycles. The minimum absolute atomic E-state index is 0.208. The number of hydrogen-bond donors (Lipinski definition) is 1. The van der Waals surface area contributed by atoms with Gasteiger partial charge in [0.05, 0.1) is 0 Å². The van der Waals surface area contributed by atoms with Gasteiger partial charge >= 0.3 is 6.09 Å². The molecule has 0 saturated heterocycles. The average Bonchev–Trinajstić information content (AvgIpc) is 2.42. The molecule has 1 heterocycles. The predicted octanol–water partition coefficient (Wildman–Crippen LogP) is 1.64. The highest BCUT2D eigenvalue weighted by Gasteiger charge is 2.18. The minimum atomic E-state index is -0.623. The zero-order chi connectivity index (χ0) is 12.3. The summed E-state index contributed by atoms with van der Waals surface area (Å²) in [5, 5.41) is 15.1. The Morgan fingerprint density at radius 1 is 1.62 bits per heavy atom. The maximum atomic E-state index is 11.4. The van der Waals surface area contributed by atoms with E-state index >= 15 is 0 Å². The molecule has 6 nitrogen and oxygen atoms in total. The number of aromatic nitrogens is 2. The lowest BCUT2D eigenvalue weighted by atomic mass is 10.2. The second kappa shape index (κ2) is 4.23. The van der Waals surface area contributed by atoms with Gasteiger partial charge in [0.2, 0.25) is 0 Å². The predicted molar refractivity (Wildman–Crippen MR) is 57.8 cm³/mol. The number of anilines is 1. The van der Waals surface area contributed by atoms with E-state index in [2.05, 4.69) is 10.4 Å². The molecule has 6 heteroatoms. The van der Waals surface area contributed by atoms with Crippen LogP contribution in [0.15, 0.2) is 6.20 Å². The second-order valence-electron chi connectivity index (χ2n) is 4.30. The van der Waals surface area contributed by atoms with Crippen molar-refractivity contribution in [3.63, 3.8) is 0 Å². The molecule has 86 valence electrons. The zero-order valence-corrected chi connectivity index (χ0v) is 9.74. The van der Waals surface area contributed by atoms with E-state index in [1.165, 1.54) is 10.9 Å². The van der Waals surface area contributed by atoms with Gasteiger partial charge in [0, 0.05) is 13.2 Å². The van der Waals surface area contributed by atoms with Gasteiger partial charge in [-0.3, -0.25) is 10.00 Å². The molecule has 0 fully saturated rings. The third-order valence-corrected chi connectivity index (χ3v) is 1.57. The van der Waals surface area contributed by atoms with E-state index in [0.29, 0.717) is 5.56 Å². The molecule has 1 rings (SSSR count). The van der Waals surface area contributed by atoms with Crippen molar-refractivity contribution in [1.29, 1.82) is 5.26 Å². The summed E-state index contributed by atoms with van der Waals surface area (Å²) >= 11 is 0. The van der Waals surface area contributed by atoms with Gasteiger partial charge in [-0.05, 0) is 20.8 Å². The van der Waals surface area contributed by atoms with Crippen molar-refractivity contribution >= 4 is 11.9 Å². The maximum Gasteiger partial charge on any atom is 0.413 e. The summed E-state index contributed by atoms with van der Waals surface area (Å²) in [5.74, 6) is 0.208. The molecule has 0 aliphatic carbocycles. The van der Waals surface area contributed by atoms with Crippen LogP contribution in [0.5, 0.6) is 0 Å². The summed E-state index contributed by atoms with van der Waals surface area (Å²) in [6.07, 6.45) is 0.898. The smallest absolute Gasteiger partial charge is 0.413 e. The van der Waals surface area contributed by atoms with Crippen LogP contribution in [-0.2, 0) is 11.8 Å². The number of nitrogens with zero attached hydrogens (tertiary/aromatic N) is 3. The van der Waals surface area contributed by atoms with E-state index in [1.807, 2.05) is 6.07 Å². The van der Waals surface area contributed by atoms with E-state index in [-0.39, 0.29) is 5.82 Å². The summed E-state index contributed by atoms with van der Waals surface area (Å²) in [6.45, 7) is 5.28. The first-order valence-electron chi connectivity index (χ1n) is 4.75. The maximum absolute atomic E-state index is 11.4. The summed E-state index contributed by atoms with van der Waals surface area (Å²) in [5.41, 5.74) is -0.278. The normalized spacial score (nSPS) is 10.7. The van der Waals surface area contributed by atoms with Gasteiger partial charge < -0.3 is 4.74 Å². The van der Waals surface area contributed by atoms with Crippen LogP contribution in [0.25, 0.3) is 0 Å². The van der Waals surface area contributed by atoms with Gasteiger partial charge in [-0.1, -0.05) is 0 Å². The third kappa shape index (κ3) is 3.28. The topological polar surface area (TPSA) is 79.9 Å². The number of hydrogen-bond acceptors (Lipinski definition) is 4. The van der Waals surface area contributed by atoms with Gasteiger partial charge in [-0.2, -0.15) is 10.4 Å². The highest BCUT2D eigenvalue weighted by atomic mass is 16.6. The van der Waals surface area contributed by atoms with Gasteiger partial charge in [0.1, 0.15) is 17.2 Å². The van der Waals surface area contributed by atoms with Crippen molar-refractivity contribution in [3.8, 4) is 6.07 Å². The molecule has 1 aromatic rings. The molecule has 0 bridgehead atoms. The molecular weight excluding hydrogens is 208 g/mol. The number of carbonyl (C=O) groups excluding carboxylic acids is 1. The van der Waals surface area contributed by atoms with Crippen LogP contribution in [-0.4, -0.2) is 21.5 Å². The lowest BCUT2D eigenvalue weighted by Gasteiger charge is -2.19. The Kier molecular flexibility index (Phi) is 3.18. The van der Waals surface area contributed by atoms with Crippen molar-refractivity contribution in [2.75, 3.05) is 5.32 Å². The fourth-order valence-electron chi connectivity index (χ4n) is 1.06. The second-order valence-corrected chi connectivity index (χ2v) is 4.30. The van der Waals surface area contributed by atoms with E-state index in [1.54, 1.807) is 27.8 Å². The first-order valence-corrected chi connectivity index (χ1v) is 4.75. The molecule has 0 unspecified atom stereocenters. The Morgan fingerprint density at radius 3 is 2.75 bits per heavy atom. The molecule has 1 amide bonds. The van der Waals surface area contributed by atoms with Crippen molar-refractivity contribution < 1.29 is 9.53 Å². The molecule has 0 saturated carbocycles. The number of aryl methyl sites for hydroxylation is 1. The number of nitriles is 1. The van der Waals surface area contributed by atoms with Crippen molar-refractivity contribution in [3.05, 3.63) is 11.8 Å². The summed E-state index contributed by atoms with van der Waals surface area (Å²) in [6, 6.07) is 1.93. The van der Waals surface area contributed by atoms with Gasteiger partial charge in [0.25, 0.3) is 0 Å². The number of rotatable bonds is 1. The number of ether oxygens (including phenoxy) is 1. The lowest BCUT2D eigenvalue weighted by Crippen LogP contribution is -2.27. The minimum Gasteiger partial charge on any atom is -0.444 e. The summed E-state index contributed by atoms with van der Waals surface area (Å²) < 4.78 is 6.49. The molecule has 0 radical (unpaired) electrons. The van der Waals surface area contributed by atoms with Gasteiger partial charge in [-0.25, -0.2) is 4.79 Å². The summed E-state index contributed by atoms with van der Waals surface area (Å²) in [7, 11) is 1.67. The van der Waals surface area contributed by atoms with Crippen LogP contribution < -0.4 is 5.32 Å². The molecular formula is C10H14N4O2. The summed E-state index contributed by atoms with van der Waals surface area (Å²) in [4.78, 5) is 11.4. The highest BCUT2D eigenvalue weighted by Crippen LogP contribution is 2.13. The fraction of sp³-hybridized carbons (Fsp3) is 0.500. The number of amides is 1. The van der Waals surface area contributed by atoms with Gasteiger partial charge in [-0.15, -0.1) is 0 Å². The number of carbonyl (C=O) groups is 1. The molecule has 0 aromatic carbocycles. The largest absolute Gasteiger partial charge is 0.444 e. The van der Waals surface area contributed by atoms with Gasteiger partial charge in [0.15, 0.2) is 5.82 Å². The Bertz CT molecular complexity index is 437. The first kappa shape index (κ1) is 12.0. The van der Waals surface area contributed by atoms with Crippen LogP contribution in [0.4, 0.5) is 10.6 Å². The Labute approximate surface area is 93.8 Å². The highest BCUT2D eigenvalue weighted by molar-refractivity contribution is 5.85. The standard InChI is InChI=1S/C10H14N4O2/c1-10(2,3)16-9(15)12-8-7(5-11)6-14(4)13-8/h6H,1-4H3,(H,12,13,15). The lowest BCUT2D eigenvalue weighted by molar-refractivity contribution is 0.0635. The Morgan fingerprint density at radius 2 is 2.25 bits per heavy atom. The molecule has 0 aliphatic heterocycles. The molecule has 1 N–H and O–H groups in total. The molecule has 0 atom stereocenters. The van der Waals surface area contributed by atoms with Crippen LogP contribution in [0, 0.1) is 11.3 Å². The van der Waals surface area contributed by atoms with E-state index in [0.717, 1.165) is 0 Å². The van der Waals surface area contributed by atoms with Crippen molar-refractivity contribution in [2.45, 2.75) is 26.4 Å². The monoisotopic (exact) mass is 222 g/mol. The zero-order valence-electron chi connectivity index (χ0n) is 9.74. The van der Waals surface area contributed by atoms with Crippen molar-refractivity contribution in [1.82, 2.24) is 9.78 Å². The Hall–Kier alpha value is -2.03. The molecule has 0 aliphatic rings. The molecule has 0 spiro atoms. The van der Waals surface area contributed by atoms with Crippen LogP contribution in [0.3, 0.4) is 0 Å². The quantitative estimate of drug-likeness (QED) is 0.783. The SMILES string of the molecule is Cn1cc(C#N)c(NC(=O)OC(C)(C)C)n1. The molecule has 16 heavy (non-hydrogen) atoms. The third-order valence-electron chi connectivity index (χ3n) is 1.57. The van der Waals surface area contributed by atoms with E-state index < -0.39 is 11.7 Å². The Balaban J connectivity index is 2.74. The van der Waals surface area contributed by atoms with Crippen LogP contribution in [0.1, 0.15) is 26.3 Å². The number of nitrogens with one attached hydrogen (secondary N) is 1.